The molecule has 2 heteroatoms. The summed E-state index contributed by atoms with van der Waals surface area (Å²) >= 11 is 0. The van der Waals surface area contributed by atoms with Crippen LogP contribution in [0.3, 0.4) is 0 Å². The van der Waals surface area contributed by atoms with Crippen LogP contribution >= 0.6 is 0 Å². The van der Waals surface area contributed by atoms with Crippen molar-refractivity contribution >= 4 is 0 Å². The molecule has 0 amide bonds. The van der Waals surface area contributed by atoms with Gasteiger partial charge in [0.15, 0.2) is 0 Å². The van der Waals surface area contributed by atoms with E-state index in [9.17, 15) is 0 Å². The molecule has 16 heavy (non-hydrogen) atoms. The summed E-state index contributed by atoms with van der Waals surface area (Å²) in [6.45, 7) is 12.6. The summed E-state index contributed by atoms with van der Waals surface area (Å²) in [5, 5.41) is 3.61. The third-order valence-corrected chi connectivity index (χ3v) is 3.98. The number of allylic oxidation sites excluding steroid dienone is 1. The third kappa shape index (κ3) is 3.60. The Hall–Kier alpha value is -0.340. The van der Waals surface area contributed by atoms with E-state index in [1.807, 2.05) is 0 Å². The second kappa shape index (κ2) is 7.08. The van der Waals surface area contributed by atoms with Gasteiger partial charge in [-0.15, -0.1) is 0 Å². The van der Waals surface area contributed by atoms with Crippen molar-refractivity contribution in [3.8, 4) is 0 Å². The normalized spacial score (nSPS) is 32.4. The Kier molecular flexibility index (Phi) is 6.07. The van der Waals surface area contributed by atoms with Crippen molar-refractivity contribution in [1.29, 1.82) is 0 Å². The molecule has 1 saturated heterocycles. The lowest BCUT2D eigenvalue weighted by molar-refractivity contribution is 0.0873. The molecule has 1 aliphatic rings. The Morgan fingerprint density at radius 1 is 1.38 bits per heavy atom. The van der Waals surface area contributed by atoms with E-state index in [1.165, 1.54) is 25.9 Å². The summed E-state index contributed by atoms with van der Waals surface area (Å²) in [4.78, 5) is 2.64. The molecule has 0 bridgehead atoms. The second-order valence-electron chi connectivity index (χ2n) is 4.95. The Morgan fingerprint density at radius 2 is 2.12 bits per heavy atom. The maximum atomic E-state index is 3.61. The fourth-order valence-corrected chi connectivity index (χ4v) is 2.71. The van der Waals surface area contributed by atoms with Crippen molar-refractivity contribution in [2.45, 2.75) is 52.6 Å². The lowest BCUT2D eigenvalue weighted by Crippen LogP contribution is -2.53. The molecule has 0 spiro atoms. The molecule has 1 rings (SSSR count). The number of nitrogens with zero attached hydrogens (tertiary/aromatic N) is 1. The van der Waals surface area contributed by atoms with Crippen LogP contribution in [0.1, 0.15) is 40.5 Å². The third-order valence-electron chi connectivity index (χ3n) is 3.98. The molecule has 0 aliphatic carbocycles. The van der Waals surface area contributed by atoms with E-state index in [4.69, 9.17) is 0 Å². The lowest BCUT2D eigenvalue weighted by atomic mass is 9.87. The predicted molar refractivity (Wildman–Crippen MR) is 71.7 cm³/mol. The highest BCUT2D eigenvalue weighted by Gasteiger charge is 2.31. The fraction of sp³-hybridized carbons (Fsp3) is 0.857. The first-order valence-electron chi connectivity index (χ1n) is 6.79. The highest BCUT2D eigenvalue weighted by Crippen LogP contribution is 2.23. The van der Waals surface area contributed by atoms with Crippen molar-refractivity contribution in [1.82, 2.24) is 10.2 Å². The van der Waals surface area contributed by atoms with E-state index in [0.29, 0.717) is 6.04 Å². The monoisotopic (exact) mass is 224 g/mol. The van der Waals surface area contributed by atoms with E-state index in [2.05, 4.69) is 50.1 Å². The lowest BCUT2D eigenvalue weighted by Gasteiger charge is -2.43. The molecule has 0 aromatic rings. The molecule has 0 aromatic heterocycles. The van der Waals surface area contributed by atoms with Gasteiger partial charge >= 0.3 is 0 Å². The molecule has 1 aliphatic heterocycles. The van der Waals surface area contributed by atoms with Gasteiger partial charge in [0.1, 0.15) is 0 Å². The van der Waals surface area contributed by atoms with Crippen LogP contribution in [0, 0.1) is 5.92 Å². The quantitative estimate of drug-likeness (QED) is 0.722. The first-order chi connectivity index (χ1) is 7.70. The van der Waals surface area contributed by atoms with E-state index >= 15 is 0 Å². The summed E-state index contributed by atoms with van der Waals surface area (Å²) in [6.07, 6.45) is 6.92. The number of piperidine rings is 1. The van der Waals surface area contributed by atoms with Crippen LogP contribution < -0.4 is 5.32 Å². The van der Waals surface area contributed by atoms with Gasteiger partial charge in [0.2, 0.25) is 0 Å². The smallest absolute Gasteiger partial charge is 0.0120 e. The average Bonchev–Trinajstić information content (AvgIpc) is 2.28. The molecule has 1 fully saturated rings. The molecule has 2 nitrogen and oxygen atoms in total. The molecule has 1 N–H and O–H groups in total. The molecule has 3 atom stereocenters. The topological polar surface area (TPSA) is 15.3 Å². The maximum absolute atomic E-state index is 3.61. The van der Waals surface area contributed by atoms with Gasteiger partial charge < -0.3 is 5.32 Å². The van der Waals surface area contributed by atoms with Gasteiger partial charge in [0.05, 0.1) is 0 Å². The molecule has 94 valence electrons. The van der Waals surface area contributed by atoms with Crippen LogP contribution in [-0.2, 0) is 0 Å². The summed E-state index contributed by atoms with van der Waals surface area (Å²) in [5.74, 6) is 0.763. The van der Waals surface area contributed by atoms with Gasteiger partial charge in [-0.05, 0) is 45.7 Å². The van der Waals surface area contributed by atoms with E-state index in [0.717, 1.165) is 18.5 Å². The largest absolute Gasteiger partial charge is 0.314 e. The number of hydrogen-bond donors (Lipinski definition) is 1. The van der Waals surface area contributed by atoms with Crippen LogP contribution in [0.5, 0.6) is 0 Å². The minimum atomic E-state index is 0.711. The summed E-state index contributed by atoms with van der Waals surface area (Å²) in [7, 11) is 0. The minimum Gasteiger partial charge on any atom is -0.314 e. The van der Waals surface area contributed by atoms with Crippen molar-refractivity contribution in [3.05, 3.63) is 12.2 Å². The number of hydrogen-bond acceptors (Lipinski definition) is 2. The predicted octanol–water partition coefficient (Wildman–Crippen LogP) is 2.66. The molecular formula is C14H28N2. The summed E-state index contributed by atoms with van der Waals surface area (Å²) in [5.41, 5.74) is 0. The first kappa shape index (κ1) is 13.7. The van der Waals surface area contributed by atoms with Crippen LogP contribution in [0.2, 0.25) is 0 Å². The van der Waals surface area contributed by atoms with Crippen molar-refractivity contribution in [2.75, 3.05) is 19.6 Å². The van der Waals surface area contributed by atoms with Crippen molar-refractivity contribution in [3.63, 3.8) is 0 Å². The summed E-state index contributed by atoms with van der Waals surface area (Å²) < 4.78 is 0. The van der Waals surface area contributed by atoms with Gasteiger partial charge in [-0.25, -0.2) is 0 Å². The van der Waals surface area contributed by atoms with Gasteiger partial charge in [-0.3, -0.25) is 4.90 Å². The van der Waals surface area contributed by atoms with Gasteiger partial charge in [0, 0.05) is 18.6 Å². The Bertz CT molecular complexity index is 213. The zero-order valence-electron chi connectivity index (χ0n) is 11.4. The number of rotatable bonds is 5. The van der Waals surface area contributed by atoms with Crippen molar-refractivity contribution in [2.24, 2.45) is 5.92 Å². The van der Waals surface area contributed by atoms with Crippen LogP contribution in [0.25, 0.3) is 0 Å². The molecule has 0 radical (unpaired) electrons. The van der Waals surface area contributed by atoms with Crippen LogP contribution in [-0.4, -0.2) is 36.6 Å². The maximum Gasteiger partial charge on any atom is 0.0120 e. The molecular weight excluding hydrogens is 196 g/mol. The Balaban J connectivity index is 2.41. The zero-order chi connectivity index (χ0) is 12.0. The standard InChI is InChI=1S/C14H28N2/c1-5-7-8-10-16-11-9-14(15-6-2)12(3)13(16)4/h5,7,12-15H,6,8-11H2,1-4H3/b7-5+. The number of likely N-dealkylation sites (tertiary alicyclic amines) is 1. The number of nitrogens with one attached hydrogen (secondary N) is 1. The van der Waals surface area contributed by atoms with Gasteiger partial charge in [0.25, 0.3) is 0 Å². The molecule has 3 unspecified atom stereocenters. The van der Waals surface area contributed by atoms with Gasteiger partial charge in [-0.2, -0.15) is 0 Å². The van der Waals surface area contributed by atoms with E-state index < -0.39 is 0 Å². The van der Waals surface area contributed by atoms with Crippen LogP contribution in [0.4, 0.5) is 0 Å². The second-order valence-corrected chi connectivity index (χ2v) is 4.95. The summed E-state index contributed by atoms with van der Waals surface area (Å²) in [6, 6.07) is 1.43. The zero-order valence-corrected chi connectivity index (χ0v) is 11.4. The Labute approximate surface area is 101 Å². The first-order valence-corrected chi connectivity index (χ1v) is 6.79. The molecule has 1 heterocycles. The van der Waals surface area contributed by atoms with Crippen LogP contribution in [0.15, 0.2) is 12.2 Å². The highest BCUT2D eigenvalue weighted by molar-refractivity contribution is 4.89. The molecule has 0 aromatic carbocycles. The average molecular weight is 224 g/mol. The van der Waals surface area contributed by atoms with Crippen molar-refractivity contribution < 1.29 is 0 Å². The highest BCUT2D eigenvalue weighted by atomic mass is 15.2. The minimum absolute atomic E-state index is 0.711. The SMILES string of the molecule is C/C=C/CCN1CCC(NCC)C(C)C1C. The van der Waals surface area contributed by atoms with E-state index in [-0.39, 0.29) is 0 Å². The Morgan fingerprint density at radius 3 is 2.75 bits per heavy atom. The van der Waals surface area contributed by atoms with Gasteiger partial charge in [-0.1, -0.05) is 26.0 Å². The molecule has 0 saturated carbocycles. The van der Waals surface area contributed by atoms with E-state index in [1.54, 1.807) is 0 Å². The fourth-order valence-electron chi connectivity index (χ4n) is 2.71.